The number of ether oxygens (including phenoxy) is 1. The number of amides is 1. The van der Waals surface area contributed by atoms with Crippen molar-refractivity contribution in [3.63, 3.8) is 0 Å². The van der Waals surface area contributed by atoms with Crippen molar-refractivity contribution in [2.24, 2.45) is 0 Å². The van der Waals surface area contributed by atoms with E-state index in [4.69, 9.17) is 9.15 Å². The van der Waals surface area contributed by atoms with Crippen LogP contribution in [0.1, 0.15) is 16.1 Å². The van der Waals surface area contributed by atoms with Gasteiger partial charge in [0.05, 0.1) is 28.2 Å². The number of carbonyl (C=O) groups is 2. The molecule has 0 radical (unpaired) electrons. The van der Waals surface area contributed by atoms with E-state index in [9.17, 15) is 32.5 Å². The number of benzene rings is 2. The lowest BCUT2D eigenvalue weighted by molar-refractivity contribution is -0.387. The van der Waals surface area contributed by atoms with Gasteiger partial charge in [-0.3, -0.25) is 14.9 Å². The molecule has 11 nitrogen and oxygen atoms in total. The zero-order chi connectivity index (χ0) is 24.0. The Kier molecular flexibility index (Phi) is 7.15. The molecule has 0 fully saturated rings. The Morgan fingerprint density at radius 2 is 1.85 bits per heavy atom. The quantitative estimate of drug-likeness (QED) is 0.270. The smallest absolute Gasteiger partial charge is 0.338 e. The number of carbonyl (C=O) groups excluding carboxylic acids is 2. The van der Waals surface area contributed by atoms with Gasteiger partial charge in [0.15, 0.2) is 6.61 Å². The van der Waals surface area contributed by atoms with Gasteiger partial charge in [-0.2, -0.15) is 4.39 Å². The van der Waals surface area contributed by atoms with Gasteiger partial charge in [0.2, 0.25) is 15.8 Å². The summed E-state index contributed by atoms with van der Waals surface area (Å²) >= 11 is 0. The normalized spacial score (nSPS) is 11.1. The number of rotatable bonds is 9. The van der Waals surface area contributed by atoms with Crippen LogP contribution in [0.25, 0.3) is 0 Å². The Morgan fingerprint density at radius 3 is 2.48 bits per heavy atom. The molecule has 0 saturated carbocycles. The maximum atomic E-state index is 13.3. The Morgan fingerprint density at radius 1 is 1.12 bits per heavy atom. The third-order valence-corrected chi connectivity index (χ3v) is 5.59. The van der Waals surface area contributed by atoms with Crippen molar-refractivity contribution in [3.8, 4) is 0 Å². The first kappa shape index (κ1) is 23.6. The van der Waals surface area contributed by atoms with E-state index in [1.807, 2.05) is 0 Å². The van der Waals surface area contributed by atoms with Crippen LogP contribution in [-0.2, 0) is 26.1 Å². The molecule has 0 spiro atoms. The van der Waals surface area contributed by atoms with Gasteiger partial charge in [0, 0.05) is 11.8 Å². The summed E-state index contributed by atoms with van der Waals surface area (Å²) in [6.07, 6.45) is 1.41. The van der Waals surface area contributed by atoms with Crippen LogP contribution < -0.4 is 10.0 Å². The third kappa shape index (κ3) is 6.21. The summed E-state index contributed by atoms with van der Waals surface area (Å²) < 4.78 is 50.2. The van der Waals surface area contributed by atoms with Gasteiger partial charge in [-0.05, 0) is 48.5 Å². The van der Waals surface area contributed by atoms with Crippen LogP contribution in [0.2, 0.25) is 0 Å². The molecular weight excluding hydrogens is 461 g/mol. The first-order chi connectivity index (χ1) is 15.7. The fraction of sp³-hybridized carbons (Fsp3) is 0.100. The lowest BCUT2D eigenvalue weighted by Gasteiger charge is -2.08. The standard InChI is InChI=1S/C20H16FN3O8S/c21-17-8-5-14(10-18(17)24(27)28)23-19(25)12-32-20(26)13-3-6-16(7-4-13)33(29,30)22-11-15-2-1-9-31-15/h1-10,22H,11-12H2,(H,23,25). The van der Waals surface area contributed by atoms with E-state index in [-0.39, 0.29) is 22.7 Å². The van der Waals surface area contributed by atoms with Crippen molar-refractivity contribution >= 4 is 33.3 Å². The molecule has 0 aliphatic rings. The number of nitro groups is 1. The molecule has 0 aliphatic carbocycles. The van der Waals surface area contributed by atoms with Gasteiger partial charge in [-0.15, -0.1) is 0 Å². The number of hydrogen-bond acceptors (Lipinski definition) is 8. The number of anilines is 1. The van der Waals surface area contributed by atoms with E-state index in [1.54, 1.807) is 12.1 Å². The van der Waals surface area contributed by atoms with E-state index < -0.39 is 44.9 Å². The minimum absolute atomic E-state index is 0.00907. The zero-order valence-electron chi connectivity index (χ0n) is 16.7. The molecule has 0 saturated heterocycles. The Hall–Kier alpha value is -4.10. The Balaban J connectivity index is 1.54. The summed E-state index contributed by atoms with van der Waals surface area (Å²) in [6, 6.07) is 10.8. The largest absolute Gasteiger partial charge is 0.468 e. The third-order valence-electron chi connectivity index (χ3n) is 4.18. The van der Waals surface area contributed by atoms with Gasteiger partial charge in [0.25, 0.3) is 5.91 Å². The molecular formula is C20H16FN3O8S. The van der Waals surface area contributed by atoms with Crippen LogP contribution in [0.3, 0.4) is 0 Å². The number of esters is 1. The van der Waals surface area contributed by atoms with Crippen LogP contribution >= 0.6 is 0 Å². The van der Waals surface area contributed by atoms with Gasteiger partial charge in [-0.1, -0.05) is 0 Å². The topological polar surface area (TPSA) is 158 Å². The van der Waals surface area contributed by atoms with Crippen molar-refractivity contribution in [3.05, 3.63) is 88.1 Å². The lowest BCUT2D eigenvalue weighted by atomic mass is 10.2. The highest BCUT2D eigenvalue weighted by atomic mass is 32.2. The van der Waals surface area contributed by atoms with Crippen LogP contribution in [-0.4, -0.2) is 31.8 Å². The molecule has 172 valence electrons. The summed E-state index contributed by atoms with van der Waals surface area (Å²) in [4.78, 5) is 33.7. The van der Waals surface area contributed by atoms with Crippen molar-refractivity contribution in [2.45, 2.75) is 11.4 Å². The van der Waals surface area contributed by atoms with Gasteiger partial charge in [-0.25, -0.2) is 17.9 Å². The highest BCUT2D eigenvalue weighted by Crippen LogP contribution is 2.21. The number of sulfonamides is 1. The predicted molar refractivity (Wildman–Crippen MR) is 111 cm³/mol. The average molecular weight is 477 g/mol. The maximum absolute atomic E-state index is 13.3. The Bertz CT molecular complexity index is 1280. The molecule has 2 N–H and O–H groups in total. The molecule has 3 aromatic rings. The van der Waals surface area contributed by atoms with Crippen molar-refractivity contribution in [1.82, 2.24) is 4.72 Å². The summed E-state index contributed by atoms with van der Waals surface area (Å²) in [5.41, 5.74) is -0.885. The minimum Gasteiger partial charge on any atom is -0.468 e. The highest BCUT2D eigenvalue weighted by molar-refractivity contribution is 7.89. The summed E-state index contributed by atoms with van der Waals surface area (Å²) in [5.74, 6) is -2.35. The molecule has 1 heterocycles. The van der Waals surface area contributed by atoms with E-state index in [1.165, 1.54) is 30.5 Å². The van der Waals surface area contributed by atoms with E-state index in [0.29, 0.717) is 5.76 Å². The van der Waals surface area contributed by atoms with Crippen molar-refractivity contribution in [1.29, 1.82) is 0 Å². The average Bonchev–Trinajstić information content (AvgIpc) is 3.31. The molecule has 0 bridgehead atoms. The number of nitrogens with zero attached hydrogens (tertiary/aromatic N) is 1. The molecule has 13 heteroatoms. The molecule has 1 aromatic heterocycles. The number of furan rings is 1. The van der Waals surface area contributed by atoms with Crippen LogP contribution in [0.5, 0.6) is 0 Å². The maximum Gasteiger partial charge on any atom is 0.338 e. The molecule has 1 amide bonds. The van der Waals surface area contributed by atoms with Crippen molar-refractivity contribution in [2.75, 3.05) is 11.9 Å². The minimum atomic E-state index is -3.85. The van der Waals surface area contributed by atoms with Crippen LogP contribution in [0.4, 0.5) is 15.8 Å². The molecule has 3 rings (SSSR count). The first-order valence-electron chi connectivity index (χ1n) is 9.19. The second kappa shape index (κ2) is 10.0. The fourth-order valence-corrected chi connectivity index (χ4v) is 3.57. The van der Waals surface area contributed by atoms with E-state index in [2.05, 4.69) is 10.0 Å². The summed E-state index contributed by atoms with van der Waals surface area (Å²) in [7, 11) is -3.85. The molecule has 2 aromatic carbocycles. The fourth-order valence-electron chi connectivity index (χ4n) is 2.57. The molecule has 0 aliphatic heterocycles. The van der Waals surface area contributed by atoms with Gasteiger partial charge < -0.3 is 14.5 Å². The van der Waals surface area contributed by atoms with E-state index >= 15 is 0 Å². The molecule has 33 heavy (non-hydrogen) atoms. The predicted octanol–water partition coefficient (Wildman–Crippen LogP) is 2.60. The second-order valence-electron chi connectivity index (χ2n) is 6.48. The second-order valence-corrected chi connectivity index (χ2v) is 8.24. The SMILES string of the molecule is O=C(COC(=O)c1ccc(S(=O)(=O)NCc2ccco2)cc1)Nc1ccc(F)c([N+](=O)[O-])c1. The monoisotopic (exact) mass is 477 g/mol. The van der Waals surface area contributed by atoms with Crippen LogP contribution in [0, 0.1) is 15.9 Å². The number of halogens is 1. The Labute approximate surface area is 186 Å². The highest BCUT2D eigenvalue weighted by Gasteiger charge is 2.18. The number of nitro benzene ring substituents is 1. The zero-order valence-corrected chi connectivity index (χ0v) is 17.5. The lowest BCUT2D eigenvalue weighted by Crippen LogP contribution is -2.23. The molecule has 0 atom stereocenters. The van der Waals surface area contributed by atoms with Gasteiger partial charge in [0.1, 0.15) is 5.76 Å². The van der Waals surface area contributed by atoms with Crippen LogP contribution in [0.15, 0.2) is 70.2 Å². The first-order valence-corrected chi connectivity index (χ1v) is 10.7. The summed E-state index contributed by atoms with van der Waals surface area (Å²) in [5, 5.41) is 13.0. The van der Waals surface area contributed by atoms with Crippen molar-refractivity contribution < 1.29 is 36.5 Å². The summed E-state index contributed by atoms with van der Waals surface area (Å²) in [6.45, 7) is -0.778. The van der Waals surface area contributed by atoms with E-state index in [0.717, 1.165) is 18.2 Å². The number of nitrogens with one attached hydrogen (secondary N) is 2. The molecule has 0 unspecified atom stereocenters. The number of hydrogen-bond donors (Lipinski definition) is 2. The van der Waals surface area contributed by atoms with Gasteiger partial charge >= 0.3 is 11.7 Å².